The molecule has 1 fully saturated rings. The van der Waals surface area contributed by atoms with E-state index in [1.54, 1.807) is 0 Å². The second-order valence-electron chi connectivity index (χ2n) is 5.78. The molecule has 22 heavy (non-hydrogen) atoms. The predicted molar refractivity (Wildman–Crippen MR) is 85.6 cm³/mol. The van der Waals surface area contributed by atoms with Crippen LogP contribution in [0.4, 0.5) is 4.79 Å². The molecule has 2 amide bonds. The van der Waals surface area contributed by atoms with Crippen LogP contribution in [0.25, 0.3) is 0 Å². The molecule has 0 atom stereocenters. The fraction of sp³-hybridized carbons (Fsp3) is 0.412. The fourth-order valence-corrected chi connectivity index (χ4v) is 2.56. The van der Waals surface area contributed by atoms with Crippen molar-refractivity contribution in [2.24, 2.45) is 0 Å². The van der Waals surface area contributed by atoms with Crippen LogP contribution in [0, 0.1) is 6.92 Å². The number of imidazole rings is 1. The molecule has 5 nitrogen and oxygen atoms in total. The van der Waals surface area contributed by atoms with Crippen LogP contribution in [0.2, 0.25) is 0 Å². The Kier molecular flexibility index (Phi) is 4.42. The van der Waals surface area contributed by atoms with Crippen molar-refractivity contribution in [1.29, 1.82) is 0 Å². The maximum Gasteiger partial charge on any atom is 0.315 e. The van der Waals surface area contributed by atoms with Crippen LogP contribution < -0.4 is 10.6 Å². The lowest BCUT2D eigenvalue weighted by Gasteiger charge is -2.11. The molecule has 0 spiro atoms. The van der Waals surface area contributed by atoms with E-state index in [1.807, 2.05) is 36.5 Å². The van der Waals surface area contributed by atoms with Gasteiger partial charge in [-0.05, 0) is 25.3 Å². The summed E-state index contributed by atoms with van der Waals surface area (Å²) in [5.74, 6) is 1.80. The van der Waals surface area contributed by atoms with Crippen molar-refractivity contribution in [2.45, 2.75) is 38.8 Å². The van der Waals surface area contributed by atoms with Gasteiger partial charge in [-0.2, -0.15) is 0 Å². The first-order chi connectivity index (χ1) is 10.7. The summed E-state index contributed by atoms with van der Waals surface area (Å²) < 4.78 is 2.22. The average Bonchev–Trinajstić information content (AvgIpc) is 3.31. The third-order valence-corrected chi connectivity index (χ3v) is 3.95. The smallest absolute Gasteiger partial charge is 0.315 e. The topological polar surface area (TPSA) is 59.0 Å². The van der Waals surface area contributed by atoms with E-state index in [1.165, 1.54) is 18.7 Å². The average molecular weight is 298 g/mol. The van der Waals surface area contributed by atoms with E-state index in [-0.39, 0.29) is 6.03 Å². The number of aromatic nitrogens is 2. The van der Waals surface area contributed by atoms with Gasteiger partial charge in [0.25, 0.3) is 0 Å². The number of hydrogen-bond acceptors (Lipinski definition) is 2. The number of aryl methyl sites for hydroxylation is 1. The Morgan fingerprint density at radius 2 is 2.05 bits per heavy atom. The molecule has 0 aliphatic heterocycles. The maximum absolute atomic E-state index is 11.8. The lowest BCUT2D eigenvalue weighted by atomic mass is 10.2. The molecule has 1 saturated carbocycles. The minimum Gasteiger partial charge on any atom is -0.336 e. The molecule has 116 valence electrons. The molecule has 0 unspecified atom stereocenters. The zero-order valence-electron chi connectivity index (χ0n) is 12.9. The highest BCUT2D eigenvalue weighted by atomic mass is 16.2. The summed E-state index contributed by atoms with van der Waals surface area (Å²) in [6.45, 7) is 3.99. The first kappa shape index (κ1) is 14.6. The van der Waals surface area contributed by atoms with E-state index < -0.39 is 0 Å². The largest absolute Gasteiger partial charge is 0.336 e. The monoisotopic (exact) mass is 298 g/mol. The van der Waals surface area contributed by atoms with Gasteiger partial charge >= 0.3 is 6.03 Å². The van der Waals surface area contributed by atoms with Crippen molar-refractivity contribution in [3.63, 3.8) is 0 Å². The van der Waals surface area contributed by atoms with Crippen LogP contribution in [-0.4, -0.2) is 22.1 Å². The zero-order valence-corrected chi connectivity index (χ0v) is 12.9. The maximum atomic E-state index is 11.8. The summed E-state index contributed by atoms with van der Waals surface area (Å²) in [4.78, 5) is 16.3. The van der Waals surface area contributed by atoms with Crippen LogP contribution in [0.15, 0.2) is 36.5 Å². The van der Waals surface area contributed by atoms with Gasteiger partial charge in [0, 0.05) is 37.4 Å². The van der Waals surface area contributed by atoms with Crippen molar-refractivity contribution in [3.8, 4) is 0 Å². The number of amides is 2. The molecule has 1 aliphatic rings. The van der Waals surface area contributed by atoms with Gasteiger partial charge < -0.3 is 15.2 Å². The fourth-order valence-electron chi connectivity index (χ4n) is 2.56. The summed E-state index contributed by atoms with van der Waals surface area (Å²) >= 11 is 0. The Morgan fingerprint density at radius 3 is 2.77 bits per heavy atom. The van der Waals surface area contributed by atoms with Crippen molar-refractivity contribution in [2.75, 3.05) is 6.54 Å². The Hall–Kier alpha value is -2.30. The van der Waals surface area contributed by atoms with Crippen molar-refractivity contribution >= 4 is 6.03 Å². The number of urea groups is 1. The summed E-state index contributed by atoms with van der Waals surface area (Å²) in [6, 6.07) is 9.77. The van der Waals surface area contributed by atoms with Crippen LogP contribution in [0.3, 0.4) is 0 Å². The van der Waals surface area contributed by atoms with Gasteiger partial charge in [-0.25, -0.2) is 9.78 Å². The van der Waals surface area contributed by atoms with E-state index in [9.17, 15) is 4.79 Å². The number of nitrogens with zero attached hydrogens (tertiary/aromatic N) is 2. The van der Waals surface area contributed by atoms with Crippen LogP contribution in [0.1, 0.15) is 35.8 Å². The third kappa shape index (κ3) is 3.67. The standard InChI is InChI=1S/C17H22N4O/c1-13-11-19-16(15-7-8-15)21(13)10-9-18-17(22)20-12-14-5-3-2-4-6-14/h2-6,11,15H,7-10,12H2,1H3,(H2,18,20,22). The highest BCUT2D eigenvalue weighted by Gasteiger charge is 2.28. The van der Waals surface area contributed by atoms with Crippen molar-refractivity contribution < 1.29 is 4.79 Å². The van der Waals surface area contributed by atoms with E-state index in [2.05, 4.69) is 27.1 Å². The number of benzene rings is 1. The van der Waals surface area contributed by atoms with Crippen LogP contribution in [-0.2, 0) is 13.1 Å². The Balaban J connectivity index is 1.43. The molecule has 2 aromatic rings. The van der Waals surface area contributed by atoms with E-state index >= 15 is 0 Å². The first-order valence-electron chi connectivity index (χ1n) is 7.81. The quantitative estimate of drug-likeness (QED) is 0.861. The molecular weight excluding hydrogens is 276 g/mol. The normalized spacial score (nSPS) is 13.9. The summed E-state index contributed by atoms with van der Waals surface area (Å²) in [5.41, 5.74) is 2.26. The summed E-state index contributed by atoms with van der Waals surface area (Å²) in [5, 5.41) is 5.77. The zero-order chi connectivity index (χ0) is 15.4. The van der Waals surface area contributed by atoms with Gasteiger partial charge in [-0.3, -0.25) is 0 Å². The lowest BCUT2D eigenvalue weighted by Crippen LogP contribution is -2.37. The van der Waals surface area contributed by atoms with Crippen molar-refractivity contribution in [1.82, 2.24) is 20.2 Å². The van der Waals surface area contributed by atoms with E-state index in [0.717, 1.165) is 17.8 Å². The van der Waals surface area contributed by atoms with Crippen LogP contribution >= 0.6 is 0 Å². The molecule has 1 aromatic heterocycles. The molecule has 3 rings (SSSR count). The predicted octanol–water partition coefficient (Wildman–Crippen LogP) is 2.57. The van der Waals surface area contributed by atoms with Gasteiger partial charge in [0.05, 0.1) is 0 Å². The molecule has 5 heteroatoms. The summed E-state index contributed by atoms with van der Waals surface area (Å²) in [6.07, 6.45) is 4.39. The Labute approximate surface area is 130 Å². The molecule has 1 aliphatic carbocycles. The number of hydrogen-bond donors (Lipinski definition) is 2. The Morgan fingerprint density at radius 1 is 1.27 bits per heavy atom. The molecule has 2 N–H and O–H groups in total. The Bertz CT molecular complexity index is 631. The minimum atomic E-state index is -0.130. The molecule has 0 radical (unpaired) electrons. The first-order valence-corrected chi connectivity index (χ1v) is 7.81. The van der Waals surface area contributed by atoms with Gasteiger partial charge in [0.15, 0.2) is 0 Å². The number of carbonyl (C=O) groups excluding carboxylic acids is 1. The van der Waals surface area contributed by atoms with E-state index in [0.29, 0.717) is 19.0 Å². The van der Waals surface area contributed by atoms with Gasteiger partial charge in [0.2, 0.25) is 0 Å². The minimum absolute atomic E-state index is 0.130. The second kappa shape index (κ2) is 6.64. The molecule has 1 aromatic carbocycles. The number of nitrogens with one attached hydrogen (secondary N) is 2. The highest BCUT2D eigenvalue weighted by Crippen LogP contribution is 2.39. The number of rotatable bonds is 6. The molecule has 0 saturated heterocycles. The number of carbonyl (C=O) groups is 1. The van der Waals surface area contributed by atoms with Crippen molar-refractivity contribution in [3.05, 3.63) is 53.6 Å². The molecular formula is C17H22N4O. The molecule has 0 bridgehead atoms. The van der Waals surface area contributed by atoms with Gasteiger partial charge in [0.1, 0.15) is 5.82 Å². The van der Waals surface area contributed by atoms with Crippen LogP contribution in [0.5, 0.6) is 0 Å². The SMILES string of the molecule is Cc1cnc(C2CC2)n1CCNC(=O)NCc1ccccc1. The summed E-state index contributed by atoms with van der Waals surface area (Å²) in [7, 11) is 0. The second-order valence-corrected chi connectivity index (χ2v) is 5.78. The highest BCUT2D eigenvalue weighted by molar-refractivity contribution is 5.73. The van der Waals surface area contributed by atoms with Gasteiger partial charge in [-0.1, -0.05) is 30.3 Å². The van der Waals surface area contributed by atoms with Gasteiger partial charge in [-0.15, -0.1) is 0 Å². The molecule has 1 heterocycles. The third-order valence-electron chi connectivity index (χ3n) is 3.95. The van der Waals surface area contributed by atoms with E-state index in [4.69, 9.17) is 0 Å². The lowest BCUT2D eigenvalue weighted by molar-refractivity contribution is 0.240.